The van der Waals surface area contributed by atoms with Crippen molar-refractivity contribution in [2.24, 2.45) is 0 Å². The first kappa shape index (κ1) is 14.5. The van der Waals surface area contributed by atoms with Crippen molar-refractivity contribution in [1.82, 2.24) is 14.6 Å². The van der Waals surface area contributed by atoms with Crippen molar-refractivity contribution in [2.75, 3.05) is 0 Å². The maximum absolute atomic E-state index is 6.04. The summed E-state index contributed by atoms with van der Waals surface area (Å²) in [4.78, 5) is 4.42. The third-order valence-corrected chi connectivity index (χ3v) is 4.01. The maximum Gasteiger partial charge on any atom is 0.228 e. The predicted molar refractivity (Wildman–Crippen MR) is 94.3 cm³/mol. The lowest BCUT2D eigenvalue weighted by Crippen LogP contribution is -1.97. The quantitative estimate of drug-likeness (QED) is 0.545. The molecule has 4 aromatic rings. The van der Waals surface area contributed by atoms with Gasteiger partial charge in [0.25, 0.3) is 0 Å². The second-order valence-corrected chi connectivity index (χ2v) is 5.53. The van der Waals surface area contributed by atoms with Crippen LogP contribution in [0.2, 0.25) is 0 Å². The topological polar surface area (TPSA) is 39.4 Å². The Kier molecular flexibility index (Phi) is 3.71. The van der Waals surface area contributed by atoms with Crippen molar-refractivity contribution < 1.29 is 4.74 Å². The van der Waals surface area contributed by atoms with Crippen LogP contribution >= 0.6 is 0 Å². The molecule has 118 valence electrons. The summed E-state index contributed by atoms with van der Waals surface area (Å²) in [7, 11) is 0. The highest BCUT2D eigenvalue weighted by Gasteiger charge is 2.12. The van der Waals surface area contributed by atoms with E-state index < -0.39 is 0 Å². The summed E-state index contributed by atoms with van der Waals surface area (Å²) in [6.07, 6.45) is 4.54. The van der Waals surface area contributed by atoms with Crippen molar-refractivity contribution in [1.29, 1.82) is 0 Å². The molecule has 0 saturated carbocycles. The molecule has 4 nitrogen and oxygen atoms in total. The molecule has 0 aliphatic heterocycles. The highest BCUT2D eigenvalue weighted by Crippen LogP contribution is 2.31. The predicted octanol–water partition coefficient (Wildman–Crippen LogP) is 4.75. The zero-order valence-corrected chi connectivity index (χ0v) is 13.4. The Morgan fingerprint density at radius 1 is 0.917 bits per heavy atom. The van der Waals surface area contributed by atoms with Crippen molar-refractivity contribution in [2.45, 2.75) is 13.3 Å². The van der Waals surface area contributed by atoms with Crippen LogP contribution in [0, 0.1) is 0 Å². The summed E-state index contributed by atoms with van der Waals surface area (Å²) in [5.74, 6) is 1.35. The molecule has 0 atom stereocenters. The third kappa shape index (κ3) is 2.63. The Morgan fingerprint density at radius 3 is 2.62 bits per heavy atom. The van der Waals surface area contributed by atoms with Gasteiger partial charge in [-0.05, 0) is 54.4 Å². The monoisotopic (exact) mass is 315 g/mol. The highest BCUT2D eigenvalue weighted by atomic mass is 16.5. The van der Waals surface area contributed by atoms with Crippen molar-refractivity contribution >= 4 is 5.52 Å². The lowest BCUT2D eigenvalue weighted by atomic mass is 10.1. The number of nitrogens with zero attached hydrogens (tertiary/aromatic N) is 3. The summed E-state index contributed by atoms with van der Waals surface area (Å²) in [6.45, 7) is 2.14. The van der Waals surface area contributed by atoms with Crippen LogP contribution in [0.4, 0.5) is 0 Å². The van der Waals surface area contributed by atoms with Crippen LogP contribution in [0.25, 0.3) is 16.8 Å². The van der Waals surface area contributed by atoms with Crippen LogP contribution in [0.15, 0.2) is 73.1 Å². The van der Waals surface area contributed by atoms with E-state index in [4.69, 9.17) is 4.74 Å². The summed E-state index contributed by atoms with van der Waals surface area (Å²) < 4.78 is 7.93. The Morgan fingerprint density at radius 2 is 1.79 bits per heavy atom. The summed E-state index contributed by atoms with van der Waals surface area (Å²) >= 11 is 0. The van der Waals surface area contributed by atoms with Crippen molar-refractivity contribution in [3.63, 3.8) is 0 Å². The van der Waals surface area contributed by atoms with Gasteiger partial charge in [0.05, 0.1) is 23.0 Å². The van der Waals surface area contributed by atoms with Gasteiger partial charge in [-0.25, -0.2) is 9.50 Å². The average Bonchev–Trinajstić information content (AvgIpc) is 3.12. The molecule has 0 saturated heterocycles. The van der Waals surface area contributed by atoms with Crippen LogP contribution in [-0.2, 0) is 6.42 Å². The first-order valence-corrected chi connectivity index (χ1v) is 8.00. The molecule has 0 bridgehead atoms. The molecule has 0 N–H and O–H groups in total. The van der Waals surface area contributed by atoms with E-state index in [0.717, 1.165) is 28.9 Å². The number of pyridine rings is 2. The standard InChI is InChI=1S/C20H17N3O/c1-2-15-8-10-17(11-9-15)24-20-18(6-4-13-21-20)19-7-3-5-16-12-14-22-23(16)19/h3-14H,2H2,1H3. The second kappa shape index (κ2) is 6.16. The number of fused-ring (bicyclic) bond motifs is 1. The molecule has 0 radical (unpaired) electrons. The number of aromatic nitrogens is 3. The van der Waals surface area contributed by atoms with E-state index >= 15 is 0 Å². The molecule has 0 spiro atoms. The minimum atomic E-state index is 0.574. The summed E-state index contributed by atoms with van der Waals surface area (Å²) in [5.41, 5.74) is 4.18. The maximum atomic E-state index is 6.04. The smallest absolute Gasteiger partial charge is 0.228 e. The minimum Gasteiger partial charge on any atom is -0.438 e. The minimum absolute atomic E-state index is 0.574. The van der Waals surface area contributed by atoms with Gasteiger partial charge in [0.2, 0.25) is 5.88 Å². The molecule has 4 heteroatoms. The van der Waals surface area contributed by atoms with Crippen LogP contribution in [0.3, 0.4) is 0 Å². The van der Waals surface area contributed by atoms with Gasteiger partial charge in [0.1, 0.15) is 5.75 Å². The number of ether oxygens (including phenoxy) is 1. The van der Waals surface area contributed by atoms with Crippen molar-refractivity contribution in [3.8, 4) is 22.9 Å². The van der Waals surface area contributed by atoms with E-state index in [2.05, 4.69) is 29.1 Å². The Hall–Kier alpha value is -3.14. The summed E-state index contributed by atoms with van der Waals surface area (Å²) in [6, 6.07) is 20.0. The Balaban J connectivity index is 1.76. The SMILES string of the molecule is CCc1ccc(Oc2ncccc2-c2cccc3ccnn23)cc1. The van der Waals surface area contributed by atoms with Gasteiger partial charge in [-0.3, -0.25) is 0 Å². The lowest BCUT2D eigenvalue weighted by Gasteiger charge is -2.11. The molecular weight excluding hydrogens is 298 g/mol. The molecule has 0 aliphatic carbocycles. The molecule has 0 unspecified atom stereocenters. The Bertz CT molecular complexity index is 974. The van der Waals surface area contributed by atoms with E-state index in [9.17, 15) is 0 Å². The van der Waals surface area contributed by atoms with E-state index in [0.29, 0.717) is 5.88 Å². The number of aryl methyl sites for hydroxylation is 1. The van der Waals surface area contributed by atoms with Gasteiger partial charge in [-0.2, -0.15) is 5.10 Å². The van der Waals surface area contributed by atoms with Gasteiger partial charge >= 0.3 is 0 Å². The fourth-order valence-electron chi connectivity index (χ4n) is 2.73. The largest absolute Gasteiger partial charge is 0.438 e. The normalized spacial score (nSPS) is 10.9. The lowest BCUT2D eigenvalue weighted by molar-refractivity contribution is 0.464. The van der Waals surface area contributed by atoms with E-state index in [1.807, 2.05) is 53.0 Å². The first-order chi connectivity index (χ1) is 11.8. The number of rotatable bonds is 4. The van der Waals surface area contributed by atoms with Crippen LogP contribution < -0.4 is 4.74 Å². The second-order valence-electron chi connectivity index (χ2n) is 5.53. The molecule has 0 aliphatic rings. The third-order valence-electron chi connectivity index (χ3n) is 4.01. The molecule has 4 rings (SSSR count). The number of benzene rings is 1. The summed E-state index contributed by atoms with van der Waals surface area (Å²) in [5, 5.41) is 4.40. The molecule has 0 amide bonds. The van der Waals surface area contributed by atoms with Crippen molar-refractivity contribution in [3.05, 3.63) is 78.6 Å². The molecule has 1 aromatic carbocycles. The Labute approximate surface area is 140 Å². The van der Waals surface area contributed by atoms with E-state index in [1.165, 1.54) is 5.56 Å². The number of hydrogen-bond donors (Lipinski definition) is 0. The van der Waals surface area contributed by atoms with Crippen LogP contribution in [-0.4, -0.2) is 14.6 Å². The molecule has 0 fully saturated rings. The molecule has 24 heavy (non-hydrogen) atoms. The van der Waals surface area contributed by atoms with Gasteiger partial charge in [0.15, 0.2) is 0 Å². The fraction of sp³-hybridized carbons (Fsp3) is 0.100. The van der Waals surface area contributed by atoms with Crippen LogP contribution in [0.1, 0.15) is 12.5 Å². The fourth-order valence-corrected chi connectivity index (χ4v) is 2.73. The highest BCUT2D eigenvalue weighted by molar-refractivity contribution is 5.68. The van der Waals surface area contributed by atoms with Gasteiger partial charge < -0.3 is 4.74 Å². The molecule has 3 heterocycles. The van der Waals surface area contributed by atoms with E-state index in [-0.39, 0.29) is 0 Å². The number of hydrogen-bond acceptors (Lipinski definition) is 3. The van der Waals surface area contributed by atoms with Gasteiger partial charge in [-0.15, -0.1) is 0 Å². The van der Waals surface area contributed by atoms with E-state index in [1.54, 1.807) is 12.4 Å². The molecular formula is C20H17N3O. The zero-order valence-electron chi connectivity index (χ0n) is 13.4. The zero-order chi connectivity index (χ0) is 16.4. The first-order valence-electron chi connectivity index (χ1n) is 8.00. The average molecular weight is 315 g/mol. The van der Waals surface area contributed by atoms with Gasteiger partial charge in [0, 0.05) is 6.20 Å². The molecule has 3 aromatic heterocycles. The van der Waals surface area contributed by atoms with Gasteiger partial charge in [-0.1, -0.05) is 25.1 Å². The van der Waals surface area contributed by atoms with Crippen LogP contribution in [0.5, 0.6) is 11.6 Å².